The molecule has 3 aromatic heterocycles. The Morgan fingerprint density at radius 2 is 2.00 bits per heavy atom. The third-order valence-electron chi connectivity index (χ3n) is 5.07. The first kappa shape index (κ1) is 22.0. The van der Waals surface area contributed by atoms with Gasteiger partial charge in [-0.3, -0.25) is 9.89 Å². The summed E-state index contributed by atoms with van der Waals surface area (Å²) >= 11 is 0. The highest BCUT2D eigenvalue weighted by molar-refractivity contribution is 5.69. The van der Waals surface area contributed by atoms with E-state index in [1.165, 1.54) is 51.4 Å². The maximum absolute atomic E-state index is 12.0. The van der Waals surface area contributed by atoms with E-state index in [0.717, 1.165) is 6.04 Å². The van der Waals surface area contributed by atoms with Crippen molar-refractivity contribution in [3.63, 3.8) is 0 Å². The molecule has 1 fully saturated rings. The van der Waals surface area contributed by atoms with E-state index in [4.69, 9.17) is 10.00 Å². The molecule has 0 unspecified atom stereocenters. The van der Waals surface area contributed by atoms with Gasteiger partial charge >= 0.3 is 0 Å². The van der Waals surface area contributed by atoms with Crippen LogP contribution in [0.2, 0.25) is 0 Å². The first-order chi connectivity index (χ1) is 15.0. The Kier molecular flexibility index (Phi) is 7.35. The van der Waals surface area contributed by atoms with Gasteiger partial charge in [-0.25, -0.2) is 9.97 Å². The molecule has 0 saturated heterocycles. The molecule has 31 heavy (non-hydrogen) atoms. The average molecular weight is 422 g/mol. The molecule has 0 aromatic carbocycles. The molecule has 4 rings (SSSR count). The number of aromatic amines is 2. The average Bonchev–Trinajstić information content (AvgIpc) is 3.47. The number of hydrogen-bond acceptors (Lipinski definition) is 8. The fraction of sp³-hybridized carbons (Fsp3) is 0.381. The summed E-state index contributed by atoms with van der Waals surface area (Å²) in [5.41, 5.74) is 0.769. The number of ether oxygens (including phenoxy) is 1. The molecule has 1 aliphatic rings. The fourth-order valence-electron chi connectivity index (χ4n) is 3.40. The Labute approximate surface area is 180 Å². The topological polar surface area (TPSA) is 136 Å². The molecular formula is C21H26N8O2. The van der Waals surface area contributed by atoms with Gasteiger partial charge in [0.15, 0.2) is 11.5 Å². The predicted octanol–water partition coefficient (Wildman–Crippen LogP) is 2.67. The number of anilines is 2. The first-order valence-corrected chi connectivity index (χ1v) is 9.99. The Balaban J connectivity index is 0.000000287. The second-order valence-electron chi connectivity index (χ2n) is 7.34. The number of nitrogens with one attached hydrogen (secondary N) is 3. The SMILES string of the molecule is CN(C)C1CCCC1.COc1cc[nH]c(=O)c1-c1cc(Nc2cnc(C#N)cn2)n[nH]1. The van der Waals surface area contributed by atoms with Gasteiger partial charge in [0.05, 0.1) is 25.2 Å². The van der Waals surface area contributed by atoms with Crippen LogP contribution in [-0.4, -0.2) is 57.3 Å². The minimum Gasteiger partial charge on any atom is -0.496 e. The molecule has 10 heteroatoms. The van der Waals surface area contributed by atoms with Crippen molar-refractivity contribution in [1.82, 2.24) is 30.0 Å². The number of hydrogen-bond donors (Lipinski definition) is 3. The predicted molar refractivity (Wildman–Crippen MR) is 117 cm³/mol. The lowest BCUT2D eigenvalue weighted by molar-refractivity contribution is 0.299. The van der Waals surface area contributed by atoms with Crippen molar-refractivity contribution in [3.05, 3.63) is 46.8 Å². The fourth-order valence-corrected chi connectivity index (χ4v) is 3.40. The van der Waals surface area contributed by atoms with E-state index in [9.17, 15) is 4.79 Å². The van der Waals surface area contributed by atoms with Crippen LogP contribution in [0.15, 0.2) is 35.5 Å². The van der Waals surface area contributed by atoms with Crippen molar-refractivity contribution >= 4 is 11.6 Å². The number of nitriles is 1. The molecule has 0 bridgehead atoms. The van der Waals surface area contributed by atoms with Crippen LogP contribution >= 0.6 is 0 Å². The molecule has 0 atom stereocenters. The minimum atomic E-state index is -0.294. The van der Waals surface area contributed by atoms with Gasteiger partial charge in [-0.1, -0.05) is 12.8 Å². The Morgan fingerprint density at radius 3 is 2.58 bits per heavy atom. The molecular weight excluding hydrogens is 396 g/mol. The van der Waals surface area contributed by atoms with Crippen molar-refractivity contribution in [2.45, 2.75) is 31.7 Å². The quantitative estimate of drug-likeness (QED) is 0.571. The Hall–Kier alpha value is -3.71. The van der Waals surface area contributed by atoms with Crippen LogP contribution in [0, 0.1) is 11.3 Å². The molecule has 0 aliphatic heterocycles. The molecule has 162 valence electrons. The van der Waals surface area contributed by atoms with E-state index in [2.05, 4.69) is 49.5 Å². The summed E-state index contributed by atoms with van der Waals surface area (Å²) < 4.78 is 5.19. The number of nitrogens with zero attached hydrogens (tertiary/aromatic N) is 5. The lowest BCUT2D eigenvalue weighted by Gasteiger charge is -2.17. The highest BCUT2D eigenvalue weighted by Gasteiger charge is 2.16. The van der Waals surface area contributed by atoms with Crippen LogP contribution in [0.5, 0.6) is 5.75 Å². The number of aromatic nitrogens is 5. The molecule has 0 amide bonds. The van der Waals surface area contributed by atoms with Gasteiger partial charge in [0.1, 0.15) is 23.2 Å². The van der Waals surface area contributed by atoms with E-state index in [1.807, 2.05) is 6.07 Å². The van der Waals surface area contributed by atoms with Gasteiger partial charge in [-0.15, -0.1) is 0 Å². The lowest BCUT2D eigenvalue weighted by atomic mass is 10.2. The Bertz CT molecular complexity index is 1080. The van der Waals surface area contributed by atoms with Crippen molar-refractivity contribution < 1.29 is 4.74 Å². The van der Waals surface area contributed by atoms with Gasteiger partial charge in [-0.2, -0.15) is 10.4 Å². The number of H-pyrrole nitrogens is 2. The van der Waals surface area contributed by atoms with Gasteiger partial charge in [0.25, 0.3) is 5.56 Å². The maximum atomic E-state index is 12.0. The van der Waals surface area contributed by atoms with E-state index >= 15 is 0 Å². The van der Waals surface area contributed by atoms with Crippen LogP contribution in [-0.2, 0) is 0 Å². The van der Waals surface area contributed by atoms with Crippen molar-refractivity contribution in [1.29, 1.82) is 5.26 Å². The summed E-state index contributed by atoms with van der Waals surface area (Å²) in [5.74, 6) is 1.31. The van der Waals surface area contributed by atoms with E-state index in [-0.39, 0.29) is 11.3 Å². The van der Waals surface area contributed by atoms with Crippen LogP contribution in [0.4, 0.5) is 11.6 Å². The molecule has 3 aromatic rings. The normalized spacial score (nSPS) is 13.4. The van der Waals surface area contributed by atoms with E-state index in [0.29, 0.717) is 28.6 Å². The summed E-state index contributed by atoms with van der Waals surface area (Å²) in [7, 11) is 5.84. The molecule has 0 spiro atoms. The number of rotatable bonds is 5. The highest BCUT2D eigenvalue weighted by Crippen LogP contribution is 2.26. The summed E-state index contributed by atoms with van der Waals surface area (Å²) in [6.45, 7) is 0. The lowest BCUT2D eigenvalue weighted by Crippen LogP contribution is -2.23. The minimum absolute atomic E-state index is 0.221. The molecule has 0 radical (unpaired) electrons. The van der Waals surface area contributed by atoms with Crippen LogP contribution in [0.1, 0.15) is 31.4 Å². The largest absolute Gasteiger partial charge is 0.496 e. The summed E-state index contributed by atoms with van der Waals surface area (Å²) in [5, 5.41) is 18.4. The number of methoxy groups -OCH3 is 1. The second kappa shape index (κ2) is 10.4. The monoisotopic (exact) mass is 422 g/mol. The van der Waals surface area contributed by atoms with Crippen LogP contribution in [0.3, 0.4) is 0 Å². The standard InChI is InChI=1S/C14H11N7O2.C7H15N/c1-23-10-2-3-16-14(22)13(10)9-4-11(21-20-9)19-12-7-17-8(5-15)6-18-12;1-8(2)7-5-3-4-6-7/h2-4,6-7H,1H3,(H,16,22)(H2,18,19,20,21);7H,3-6H2,1-2H3. The number of pyridine rings is 1. The van der Waals surface area contributed by atoms with Crippen molar-refractivity contribution in [2.75, 3.05) is 26.5 Å². The molecule has 1 saturated carbocycles. The van der Waals surface area contributed by atoms with Crippen LogP contribution < -0.4 is 15.6 Å². The molecule has 3 N–H and O–H groups in total. The zero-order valence-electron chi connectivity index (χ0n) is 17.8. The molecule has 3 heterocycles. The van der Waals surface area contributed by atoms with Gasteiger partial charge in [-0.05, 0) is 33.0 Å². The molecule has 1 aliphatic carbocycles. The summed E-state index contributed by atoms with van der Waals surface area (Å²) in [6.07, 6.45) is 10.0. The van der Waals surface area contributed by atoms with Gasteiger partial charge in [0, 0.05) is 18.3 Å². The summed E-state index contributed by atoms with van der Waals surface area (Å²) in [6, 6.07) is 6.08. The van der Waals surface area contributed by atoms with Gasteiger partial charge in [0.2, 0.25) is 0 Å². The van der Waals surface area contributed by atoms with E-state index in [1.54, 1.807) is 12.1 Å². The summed E-state index contributed by atoms with van der Waals surface area (Å²) in [4.78, 5) is 24.8. The van der Waals surface area contributed by atoms with Crippen molar-refractivity contribution in [2.24, 2.45) is 0 Å². The smallest absolute Gasteiger partial charge is 0.261 e. The van der Waals surface area contributed by atoms with Crippen LogP contribution in [0.25, 0.3) is 11.3 Å². The zero-order valence-corrected chi connectivity index (χ0v) is 17.8. The third kappa shape index (κ3) is 5.67. The maximum Gasteiger partial charge on any atom is 0.261 e. The second-order valence-corrected chi connectivity index (χ2v) is 7.34. The van der Waals surface area contributed by atoms with E-state index < -0.39 is 0 Å². The molecule has 10 nitrogen and oxygen atoms in total. The van der Waals surface area contributed by atoms with Gasteiger partial charge < -0.3 is 19.9 Å². The van der Waals surface area contributed by atoms with Crippen molar-refractivity contribution in [3.8, 4) is 23.1 Å². The highest BCUT2D eigenvalue weighted by atomic mass is 16.5. The third-order valence-corrected chi connectivity index (χ3v) is 5.07. The zero-order chi connectivity index (χ0) is 22.2. The Morgan fingerprint density at radius 1 is 1.23 bits per heavy atom. The first-order valence-electron chi connectivity index (χ1n) is 9.99.